The first-order valence-corrected chi connectivity index (χ1v) is 5.44. The summed E-state index contributed by atoms with van der Waals surface area (Å²) in [5.41, 5.74) is -0.566. The van der Waals surface area contributed by atoms with Gasteiger partial charge in [-0.05, 0) is 18.2 Å². The molecule has 0 spiro atoms. The minimum atomic E-state index is -4.38. The zero-order chi connectivity index (χ0) is 13.3. The Bertz CT molecular complexity index is 513. The maximum atomic E-state index is 12.5. The van der Waals surface area contributed by atoms with Gasteiger partial charge in [0.2, 0.25) is 0 Å². The number of hydrogen-bond acceptors (Lipinski definition) is 3. The Balaban J connectivity index is 2.30. The standard InChI is InChI=1S/C11H9F3N2OS/c1-16-9(18)6-17-10(16)15-8-4-2-3-7(5-8)11(12,13)14/h2-5H,6H2,1H3/b15-10+. The average Bonchev–Trinajstić information content (AvgIpc) is 2.60. The van der Waals surface area contributed by atoms with Crippen molar-refractivity contribution < 1.29 is 17.9 Å². The van der Waals surface area contributed by atoms with Gasteiger partial charge in [-0.15, -0.1) is 0 Å². The number of rotatable bonds is 1. The molecule has 1 aromatic carbocycles. The van der Waals surface area contributed by atoms with E-state index in [0.717, 1.165) is 12.1 Å². The Morgan fingerprint density at radius 3 is 2.67 bits per heavy atom. The van der Waals surface area contributed by atoms with Crippen molar-refractivity contribution in [3.05, 3.63) is 29.8 Å². The van der Waals surface area contributed by atoms with Gasteiger partial charge in [0.1, 0.15) is 11.6 Å². The summed E-state index contributed by atoms with van der Waals surface area (Å²) in [4.78, 5) is 6.06. The maximum absolute atomic E-state index is 12.5. The van der Waals surface area contributed by atoms with Crippen molar-refractivity contribution in [3.63, 3.8) is 0 Å². The van der Waals surface area contributed by atoms with E-state index >= 15 is 0 Å². The molecule has 0 atom stereocenters. The summed E-state index contributed by atoms with van der Waals surface area (Å²) in [5.74, 6) is 0. The van der Waals surface area contributed by atoms with E-state index in [4.69, 9.17) is 17.0 Å². The van der Waals surface area contributed by atoms with Crippen LogP contribution in [-0.2, 0) is 10.9 Å². The normalized spacial score (nSPS) is 18.3. The minimum Gasteiger partial charge on any atom is -0.457 e. The Hall–Kier alpha value is -1.63. The van der Waals surface area contributed by atoms with E-state index in [0.29, 0.717) is 4.99 Å². The van der Waals surface area contributed by atoms with Crippen LogP contribution in [0, 0.1) is 0 Å². The molecule has 0 aliphatic carbocycles. The molecule has 1 aliphatic heterocycles. The first-order valence-electron chi connectivity index (χ1n) is 5.03. The van der Waals surface area contributed by atoms with E-state index in [9.17, 15) is 13.2 Å². The SMILES string of the molecule is CN1C(=S)CO/C1=N/c1cccc(C(F)(F)F)c1. The second-order valence-electron chi connectivity index (χ2n) is 3.68. The molecule has 1 heterocycles. The number of hydrogen-bond donors (Lipinski definition) is 0. The first-order chi connectivity index (χ1) is 8.38. The van der Waals surface area contributed by atoms with E-state index in [2.05, 4.69) is 4.99 Å². The summed E-state index contributed by atoms with van der Waals surface area (Å²) >= 11 is 4.96. The largest absolute Gasteiger partial charge is 0.457 e. The van der Waals surface area contributed by atoms with Gasteiger partial charge in [-0.25, -0.2) is 0 Å². The summed E-state index contributed by atoms with van der Waals surface area (Å²) in [7, 11) is 1.65. The lowest BCUT2D eigenvalue weighted by molar-refractivity contribution is -0.137. The maximum Gasteiger partial charge on any atom is 0.416 e. The zero-order valence-corrected chi connectivity index (χ0v) is 10.2. The fourth-order valence-electron chi connectivity index (χ4n) is 1.40. The van der Waals surface area contributed by atoms with Crippen LogP contribution in [0.5, 0.6) is 0 Å². The van der Waals surface area contributed by atoms with Gasteiger partial charge in [0, 0.05) is 7.05 Å². The number of benzene rings is 1. The van der Waals surface area contributed by atoms with Crippen molar-refractivity contribution in [3.8, 4) is 0 Å². The van der Waals surface area contributed by atoms with Crippen LogP contribution >= 0.6 is 12.2 Å². The quantitative estimate of drug-likeness (QED) is 0.736. The lowest BCUT2D eigenvalue weighted by Gasteiger charge is -2.09. The summed E-state index contributed by atoms with van der Waals surface area (Å²) in [6, 6.07) is 4.94. The molecule has 0 bridgehead atoms. The molecule has 0 N–H and O–H groups in total. The van der Waals surface area contributed by atoms with E-state index in [1.54, 1.807) is 7.05 Å². The van der Waals surface area contributed by atoms with E-state index < -0.39 is 11.7 Å². The molecular formula is C11H9F3N2OS. The van der Waals surface area contributed by atoms with Crippen LogP contribution in [0.4, 0.5) is 18.9 Å². The highest BCUT2D eigenvalue weighted by molar-refractivity contribution is 7.80. The highest BCUT2D eigenvalue weighted by Gasteiger charge is 2.30. The van der Waals surface area contributed by atoms with E-state index in [1.807, 2.05) is 0 Å². The smallest absolute Gasteiger partial charge is 0.416 e. The fraction of sp³-hybridized carbons (Fsp3) is 0.273. The third-order valence-electron chi connectivity index (χ3n) is 2.38. The lowest BCUT2D eigenvalue weighted by atomic mass is 10.2. The van der Waals surface area contributed by atoms with Crippen LogP contribution in [0.2, 0.25) is 0 Å². The van der Waals surface area contributed by atoms with Crippen LogP contribution < -0.4 is 0 Å². The van der Waals surface area contributed by atoms with Crippen molar-refractivity contribution in [1.29, 1.82) is 0 Å². The van der Waals surface area contributed by atoms with Crippen LogP contribution in [0.25, 0.3) is 0 Å². The third-order valence-corrected chi connectivity index (χ3v) is 2.78. The molecule has 0 unspecified atom stereocenters. The Morgan fingerprint density at radius 2 is 2.11 bits per heavy atom. The van der Waals surface area contributed by atoms with Gasteiger partial charge in [0.05, 0.1) is 11.3 Å². The number of nitrogens with zero attached hydrogens (tertiary/aromatic N) is 2. The van der Waals surface area contributed by atoms with Crippen LogP contribution in [0.15, 0.2) is 29.3 Å². The summed E-state index contributed by atoms with van der Waals surface area (Å²) in [5, 5.41) is 0. The number of aliphatic imine (C=N–C) groups is 1. The number of likely N-dealkylation sites (N-methyl/N-ethyl adjacent to an activating group) is 1. The second kappa shape index (κ2) is 4.56. The molecule has 7 heteroatoms. The summed E-state index contributed by atoms with van der Waals surface area (Å²) in [6.45, 7) is 0.226. The highest BCUT2D eigenvalue weighted by Crippen LogP contribution is 2.31. The molecule has 1 saturated heterocycles. The van der Waals surface area contributed by atoms with Crippen molar-refractivity contribution in [2.75, 3.05) is 13.7 Å². The molecule has 0 saturated carbocycles. The molecular weight excluding hydrogens is 265 g/mol. The van der Waals surface area contributed by atoms with Gasteiger partial charge in [-0.2, -0.15) is 18.2 Å². The molecule has 1 aliphatic rings. The molecule has 1 aromatic rings. The first kappa shape index (κ1) is 12.8. The van der Waals surface area contributed by atoms with Crippen LogP contribution in [-0.4, -0.2) is 29.6 Å². The van der Waals surface area contributed by atoms with E-state index in [-0.39, 0.29) is 18.3 Å². The predicted octanol–water partition coefficient (Wildman–Crippen LogP) is 2.98. The molecule has 0 radical (unpaired) electrons. The fourth-order valence-corrected chi connectivity index (χ4v) is 1.53. The molecule has 96 valence electrons. The molecule has 2 rings (SSSR count). The van der Waals surface area contributed by atoms with Crippen LogP contribution in [0.1, 0.15) is 5.56 Å². The zero-order valence-electron chi connectivity index (χ0n) is 9.36. The number of alkyl halides is 3. The van der Waals surface area contributed by atoms with Gasteiger partial charge in [0.25, 0.3) is 6.02 Å². The van der Waals surface area contributed by atoms with Crippen LogP contribution in [0.3, 0.4) is 0 Å². The predicted molar refractivity (Wildman–Crippen MR) is 64.9 cm³/mol. The highest BCUT2D eigenvalue weighted by atomic mass is 32.1. The molecule has 0 aromatic heterocycles. The van der Waals surface area contributed by atoms with Crippen molar-refractivity contribution >= 4 is 28.9 Å². The molecule has 0 amide bonds. The molecule has 18 heavy (non-hydrogen) atoms. The third kappa shape index (κ3) is 2.61. The number of amidine groups is 1. The number of ether oxygens (including phenoxy) is 1. The molecule has 3 nitrogen and oxygen atoms in total. The lowest BCUT2D eigenvalue weighted by Crippen LogP contribution is -2.23. The van der Waals surface area contributed by atoms with Gasteiger partial charge in [0.15, 0.2) is 0 Å². The Labute approximate surface area is 107 Å². The van der Waals surface area contributed by atoms with Gasteiger partial charge in [-0.1, -0.05) is 18.3 Å². The number of thiocarbonyl (C=S) groups is 1. The summed E-state index contributed by atoms with van der Waals surface area (Å²) in [6.07, 6.45) is -4.38. The van der Waals surface area contributed by atoms with E-state index in [1.165, 1.54) is 17.0 Å². The number of halogens is 3. The van der Waals surface area contributed by atoms with Gasteiger partial charge in [-0.3, -0.25) is 4.90 Å². The Morgan fingerprint density at radius 1 is 1.39 bits per heavy atom. The molecule has 1 fully saturated rings. The monoisotopic (exact) mass is 274 g/mol. The average molecular weight is 274 g/mol. The second-order valence-corrected chi connectivity index (χ2v) is 4.16. The van der Waals surface area contributed by atoms with Crippen molar-refractivity contribution in [2.24, 2.45) is 4.99 Å². The topological polar surface area (TPSA) is 24.8 Å². The minimum absolute atomic E-state index is 0.177. The Kier molecular flexibility index (Phi) is 3.25. The van der Waals surface area contributed by atoms with Gasteiger partial charge < -0.3 is 4.74 Å². The van der Waals surface area contributed by atoms with Crippen molar-refractivity contribution in [1.82, 2.24) is 4.90 Å². The van der Waals surface area contributed by atoms with Crippen molar-refractivity contribution in [2.45, 2.75) is 6.18 Å². The summed E-state index contributed by atoms with van der Waals surface area (Å²) < 4.78 is 42.7. The van der Waals surface area contributed by atoms with Gasteiger partial charge >= 0.3 is 6.18 Å².